The lowest BCUT2D eigenvalue weighted by molar-refractivity contribution is -0.139. The normalized spacial score (nSPS) is 16.9. The quantitative estimate of drug-likeness (QED) is 0.373. The molecule has 0 saturated carbocycles. The van der Waals surface area contributed by atoms with Crippen molar-refractivity contribution in [3.05, 3.63) is 16.3 Å². The van der Waals surface area contributed by atoms with Crippen LogP contribution >= 0.6 is 23.1 Å². The van der Waals surface area contributed by atoms with Gasteiger partial charge in [-0.2, -0.15) is 4.52 Å². The first kappa shape index (κ1) is 17.9. The largest absolute Gasteiger partial charge is 0.465 e. The Hall–Kier alpha value is -2.20. The van der Waals surface area contributed by atoms with Gasteiger partial charge in [-0.05, 0) is 44.6 Å². The molecular formula is C18H20N6O2S2. The van der Waals surface area contributed by atoms with Crippen LogP contribution in [0.3, 0.4) is 0 Å². The molecule has 0 aliphatic heterocycles. The molecule has 4 aromatic rings. The number of hydrogen-bond acceptors (Lipinski definition) is 8. The zero-order valence-corrected chi connectivity index (χ0v) is 17.6. The van der Waals surface area contributed by atoms with E-state index in [1.54, 1.807) is 22.8 Å². The molecule has 0 amide bonds. The van der Waals surface area contributed by atoms with Crippen molar-refractivity contribution < 1.29 is 9.53 Å². The van der Waals surface area contributed by atoms with Crippen molar-refractivity contribution in [1.29, 1.82) is 0 Å². The zero-order chi connectivity index (χ0) is 19.4. The molecule has 10 heteroatoms. The SMILES string of the molecule is CCOC(=O)CSc1nnc2n3nc(C)nc3c3c4c(sc3n12)CCC(C)C4. The molecule has 4 heterocycles. The van der Waals surface area contributed by atoms with Gasteiger partial charge in [0, 0.05) is 4.88 Å². The van der Waals surface area contributed by atoms with Gasteiger partial charge in [-0.3, -0.25) is 4.79 Å². The van der Waals surface area contributed by atoms with Crippen LogP contribution in [-0.2, 0) is 22.4 Å². The Kier molecular flexibility index (Phi) is 4.27. The van der Waals surface area contributed by atoms with E-state index in [0.717, 1.165) is 28.7 Å². The number of thioether (sulfide) groups is 1. The van der Waals surface area contributed by atoms with Crippen molar-refractivity contribution in [2.24, 2.45) is 5.92 Å². The summed E-state index contributed by atoms with van der Waals surface area (Å²) in [6, 6.07) is 0. The number of thiophene rings is 1. The van der Waals surface area contributed by atoms with Crippen molar-refractivity contribution >= 4 is 50.7 Å². The number of rotatable bonds is 4. The minimum Gasteiger partial charge on any atom is -0.465 e. The van der Waals surface area contributed by atoms with Crippen LogP contribution in [0.15, 0.2) is 5.16 Å². The molecule has 0 spiro atoms. The number of hydrogen-bond donors (Lipinski definition) is 0. The number of esters is 1. The van der Waals surface area contributed by atoms with Crippen LogP contribution in [0.25, 0.3) is 21.6 Å². The molecule has 146 valence electrons. The third kappa shape index (κ3) is 2.69. The van der Waals surface area contributed by atoms with Gasteiger partial charge < -0.3 is 4.74 Å². The van der Waals surface area contributed by atoms with Crippen LogP contribution in [0, 0.1) is 12.8 Å². The molecule has 0 bridgehead atoms. The average Bonchev–Trinajstić information content (AvgIpc) is 3.33. The van der Waals surface area contributed by atoms with Crippen molar-refractivity contribution in [1.82, 2.24) is 29.2 Å². The smallest absolute Gasteiger partial charge is 0.316 e. The summed E-state index contributed by atoms with van der Waals surface area (Å²) < 4.78 is 8.85. The van der Waals surface area contributed by atoms with Gasteiger partial charge in [0.15, 0.2) is 10.8 Å². The molecule has 1 atom stereocenters. The molecule has 28 heavy (non-hydrogen) atoms. The highest BCUT2D eigenvalue weighted by Crippen LogP contribution is 2.41. The van der Waals surface area contributed by atoms with E-state index < -0.39 is 0 Å². The van der Waals surface area contributed by atoms with E-state index in [0.29, 0.717) is 29.3 Å². The maximum Gasteiger partial charge on any atom is 0.316 e. The second-order valence-electron chi connectivity index (χ2n) is 7.14. The highest BCUT2D eigenvalue weighted by molar-refractivity contribution is 7.99. The molecule has 1 unspecified atom stereocenters. The van der Waals surface area contributed by atoms with Gasteiger partial charge in [-0.1, -0.05) is 18.7 Å². The summed E-state index contributed by atoms with van der Waals surface area (Å²) in [6.07, 6.45) is 3.34. The summed E-state index contributed by atoms with van der Waals surface area (Å²) in [5.74, 6) is 1.94. The summed E-state index contributed by atoms with van der Waals surface area (Å²) >= 11 is 3.13. The Labute approximate surface area is 169 Å². The number of ether oxygens (including phenoxy) is 1. The number of carbonyl (C=O) groups is 1. The lowest BCUT2D eigenvalue weighted by Gasteiger charge is -2.17. The number of fused-ring (bicyclic) bond motifs is 8. The van der Waals surface area contributed by atoms with Crippen LogP contribution in [0.2, 0.25) is 0 Å². The number of aromatic nitrogens is 6. The van der Waals surface area contributed by atoms with Gasteiger partial charge in [0.25, 0.3) is 5.78 Å². The summed E-state index contributed by atoms with van der Waals surface area (Å²) in [5, 5.41) is 15.1. The highest BCUT2D eigenvalue weighted by atomic mass is 32.2. The Morgan fingerprint density at radius 2 is 2.25 bits per heavy atom. The predicted octanol–water partition coefficient (Wildman–Crippen LogP) is 3.08. The van der Waals surface area contributed by atoms with E-state index in [1.165, 1.54) is 28.6 Å². The lowest BCUT2D eigenvalue weighted by Crippen LogP contribution is -2.09. The van der Waals surface area contributed by atoms with E-state index in [4.69, 9.17) is 9.72 Å². The molecule has 8 nitrogen and oxygen atoms in total. The maximum absolute atomic E-state index is 11.8. The third-order valence-electron chi connectivity index (χ3n) is 5.06. The second-order valence-corrected chi connectivity index (χ2v) is 9.16. The van der Waals surface area contributed by atoms with Gasteiger partial charge >= 0.3 is 5.97 Å². The second kappa shape index (κ2) is 6.70. The summed E-state index contributed by atoms with van der Waals surface area (Å²) in [6.45, 7) is 6.37. The molecule has 0 N–H and O–H groups in total. The number of aryl methyl sites for hydroxylation is 2. The van der Waals surface area contributed by atoms with Crippen molar-refractivity contribution in [3.8, 4) is 0 Å². The first-order valence-corrected chi connectivity index (χ1v) is 11.2. The van der Waals surface area contributed by atoms with Gasteiger partial charge in [0.1, 0.15) is 10.7 Å². The summed E-state index contributed by atoms with van der Waals surface area (Å²) in [5.41, 5.74) is 2.23. The minimum absolute atomic E-state index is 0.201. The molecule has 0 radical (unpaired) electrons. The number of carbonyl (C=O) groups excluding carboxylic acids is 1. The molecule has 1 aliphatic carbocycles. The maximum atomic E-state index is 11.8. The first-order chi connectivity index (χ1) is 13.6. The third-order valence-corrected chi connectivity index (χ3v) is 7.24. The first-order valence-electron chi connectivity index (χ1n) is 9.40. The molecule has 1 aliphatic rings. The van der Waals surface area contributed by atoms with Gasteiger partial charge in [0.05, 0.1) is 17.7 Å². The molecule has 0 fully saturated rings. The molecule has 0 aromatic carbocycles. The monoisotopic (exact) mass is 416 g/mol. The molecular weight excluding hydrogens is 396 g/mol. The van der Waals surface area contributed by atoms with E-state index in [9.17, 15) is 4.79 Å². The molecule has 0 saturated heterocycles. The summed E-state index contributed by atoms with van der Waals surface area (Å²) in [4.78, 5) is 19.0. The van der Waals surface area contributed by atoms with Crippen LogP contribution in [-0.4, -0.2) is 47.5 Å². The summed E-state index contributed by atoms with van der Waals surface area (Å²) in [7, 11) is 0. The van der Waals surface area contributed by atoms with Crippen molar-refractivity contribution in [2.75, 3.05) is 12.4 Å². The van der Waals surface area contributed by atoms with Crippen molar-refractivity contribution in [2.45, 2.75) is 45.2 Å². The fraction of sp³-hybridized carbons (Fsp3) is 0.500. The Morgan fingerprint density at radius 1 is 1.39 bits per heavy atom. The Morgan fingerprint density at radius 3 is 3.07 bits per heavy atom. The number of nitrogens with zero attached hydrogens (tertiary/aromatic N) is 6. The zero-order valence-electron chi connectivity index (χ0n) is 15.9. The Bertz CT molecular complexity index is 1220. The van der Waals surface area contributed by atoms with E-state index in [-0.39, 0.29) is 11.7 Å². The topological polar surface area (TPSA) is 86.7 Å². The standard InChI is InChI=1S/C18H20N6O2S2/c1-4-26-13(25)8-27-18-21-20-17-23(18)16-14(15-19-10(3)22-24(15)17)11-7-9(2)5-6-12(11)28-16/h9H,4-8H2,1-3H3. The Balaban J connectivity index is 1.76. The minimum atomic E-state index is -0.252. The van der Waals surface area contributed by atoms with E-state index in [2.05, 4.69) is 22.2 Å². The van der Waals surface area contributed by atoms with Gasteiger partial charge in [0.2, 0.25) is 0 Å². The lowest BCUT2D eigenvalue weighted by atomic mass is 9.89. The van der Waals surface area contributed by atoms with Crippen molar-refractivity contribution in [3.63, 3.8) is 0 Å². The molecule has 4 aromatic heterocycles. The average molecular weight is 417 g/mol. The van der Waals surface area contributed by atoms with Crippen LogP contribution in [0.4, 0.5) is 0 Å². The highest BCUT2D eigenvalue weighted by Gasteiger charge is 2.27. The predicted molar refractivity (Wildman–Crippen MR) is 108 cm³/mol. The van der Waals surface area contributed by atoms with E-state index in [1.807, 2.05) is 11.3 Å². The van der Waals surface area contributed by atoms with Crippen LogP contribution in [0.5, 0.6) is 0 Å². The van der Waals surface area contributed by atoms with Crippen LogP contribution < -0.4 is 0 Å². The fourth-order valence-electron chi connectivity index (χ4n) is 3.84. The van der Waals surface area contributed by atoms with Gasteiger partial charge in [-0.25, -0.2) is 9.38 Å². The fourth-order valence-corrected chi connectivity index (χ4v) is 5.97. The van der Waals surface area contributed by atoms with Gasteiger partial charge in [-0.15, -0.1) is 26.6 Å². The van der Waals surface area contributed by atoms with E-state index >= 15 is 0 Å². The van der Waals surface area contributed by atoms with Crippen LogP contribution in [0.1, 0.15) is 36.5 Å². The molecule has 5 rings (SSSR count).